The van der Waals surface area contributed by atoms with Gasteiger partial charge in [-0.1, -0.05) is 44.2 Å². The standard InChI is InChI=1S/C27H40N4O3/c32-26-25(28-20-13-12-19(18-20)27(33)34)29-23-10-6-7-11-24(23)31(26)22-14-16-30(17-15-22)21-8-4-2-1-3-5-9-21/h6-7,10-11,19-22,27,33-34H,1-5,8-9,12-18H2,(H,28,29)/t19-,20+/m0/s1. The van der Waals surface area contributed by atoms with Crippen LogP contribution < -0.4 is 10.9 Å². The highest BCUT2D eigenvalue weighted by Crippen LogP contribution is 2.31. The predicted molar refractivity (Wildman–Crippen MR) is 135 cm³/mol. The Bertz CT molecular complexity index is 1010. The lowest BCUT2D eigenvalue weighted by atomic mass is 9.93. The number of fused-ring (bicyclic) bond motifs is 1. The van der Waals surface area contributed by atoms with Crippen LogP contribution in [0.25, 0.3) is 11.0 Å². The second-order valence-corrected chi connectivity index (χ2v) is 10.7. The number of anilines is 1. The number of hydrogen-bond acceptors (Lipinski definition) is 6. The summed E-state index contributed by atoms with van der Waals surface area (Å²) in [6.07, 6.45) is 12.4. The van der Waals surface area contributed by atoms with Crippen molar-refractivity contribution in [3.8, 4) is 0 Å². The minimum absolute atomic E-state index is 0.0442. The van der Waals surface area contributed by atoms with Crippen molar-refractivity contribution in [2.75, 3.05) is 18.4 Å². The first-order valence-corrected chi connectivity index (χ1v) is 13.5. The first-order valence-electron chi connectivity index (χ1n) is 13.5. The quantitative estimate of drug-likeness (QED) is 0.574. The molecule has 7 heteroatoms. The number of aromatic nitrogens is 2. The summed E-state index contributed by atoms with van der Waals surface area (Å²) >= 11 is 0. The van der Waals surface area contributed by atoms with Crippen molar-refractivity contribution in [1.29, 1.82) is 0 Å². The van der Waals surface area contributed by atoms with E-state index in [9.17, 15) is 15.0 Å². The summed E-state index contributed by atoms with van der Waals surface area (Å²) in [6.45, 7) is 2.11. The van der Waals surface area contributed by atoms with E-state index in [1.807, 2.05) is 28.8 Å². The summed E-state index contributed by atoms with van der Waals surface area (Å²) in [5, 5.41) is 22.4. The van der Waals surface area contributed by atoms with Crippen LogP contribution in [0.15, 0.2) is 29.1 Å². The molecule has 1 aromatic heterocycles. The lowest BCUT2D eigenvalue weighted by molar-refractivity contribution is -0.0816. The number of aliphatic hydroxyl groups is 2. The normalized spacial score (nSPS) is 26.1. The zero-order valence-electron chi connectivity index (χ0n) is 20.2. The van der Waals surface area contributed by atoms with Crippen LogP contribution in [0.4, 0.5) is 5.82 Å². The van der Waals surface area contributed by atoms with Crippen LogP contribution in [-0.4, -0.2) is 56.1 Å². The van der Waals surface area contributed by atoms with E-state index in [0.717, 1.165) is 49.8 Å². The molecule has 3 aliphatic rings. The number of likely N-dealkylation sites (tertiary alicyclic amines) is 1. The summed E-state index contributed by atoms with van der Waals surface area (Å²) in [5.41, 5.74) is 1.71. The van der Waals surface area contributed by atoms with Gasteiger partial charge in [-0.25, -0.2) is 4.98 Å². The third kappa shape index (κ3) is 5.16. The lowest BCUT2D eigenvalue weighted by Gasteiger charge is -2.39. The molecule has 0 unspecified atom stereocenters. The highest BCUT2D eigenvalue weighted by Gasteiger charge is 2.31. The van der Waals surface area contributed by atoms with E-state index in [4.69, 9.17) is 4.98 Å². The summed E-state index contributed by atoms with van der Waals surface area (Å²) < 4.78 is 1.99. The molecule has 7 nitrogen and oxygen atoms in total. The number of para-hydroxylation sites is 2. The molecule has 1 saturated heterocycles. The maximum atomic E-state index is 13.7. The lowest BCUT2D eigenvalue weighted by Crippen LogP contribution is -2.43. The van der Waals surface area contributed by atoms with Gasteiger partial charge in [0.1, 0.15) is 0 Å². The summed E-state index contributed by atoms with van der Waals surface area (Å²) in [4.78, 5) is 21.1. The molecular formula is C27H40N4O3. The number of aliphatic hydroxyl groups excluding tert-OH is 1. The van der Waals surface area contributed by atoms with E-state index >= 15 is 0 Å². The van der Waals surface area contributed by atoms with Crippen LogP contribution in [0.1, 0.15) is 83.1 Å². The topological polar surface area (TPSA) is 90.6 Å². The highest BCUT2D eigenvalue weighted by atomic mass is 16.5. The van der Waals surface area contributed by atoms with Gasteiger partial charge in [-0.15, -0.1) is 0 Å². The molecule has 1 aliphatic heterocycles. The number of nitrogens with zero attached hydrogens (tertiary/aromatic N) is 3. The molecule has 2 saturated carbocycles. The van der Waals surface area contributed by atoms with Crippen LogP contribution in [0.5, 0.6) is 0 Å². The fourth-order valence-corrected chi connectivity index (χ4v) is 6.53. The van der Waals surface area contributed by atoms with Gasteiger partial charge in [-0.05, 0) is 57.1 Å². The number of nitrogens with one attached hydrogen (secondary N) is 1. The van der Waals surface area contributed by atoms with E-state index in [1.165, 1.54) is 44.9 Å². The van der Waals surface area contributed by atoms with Crippen molar-refractivity contribution in [3.63, 3.8) is 0 Å². The number of rotatable bonds is 5. The molecule has 5 rings (SSSR count). The molecule has 0 spiro atoms. The molecule has 2 aromatic rings. The van der Waals surface area contributed by atoms with Crippen molar-refractivity contribution in [1.82, 2.24) is 14.5 Å². The van der Waals surface area contributed by atoms with Gasteiger partial charge in [0.2, 0.25) is 0 Å². The van der Waals surface area contributed by atoms with Crippen LogP contribution in [0.3, 0.4) is 0 Å². The third-order valence-corrected chi connectivity index (χ3v) is 8.49. The molecule has 0 bridgehead atoms. The second kappa shape index (κ2) is 10.8. The third-order valence-electron chi connectivity index (χ3n) is 8.49. The molecule has 3 fully saturated rings. The molecular weight excluding hydrogens is 428 g/mol. The summed E-state index contributed by atoms with van der Waals surface area (Å²) in [7, 11) is 0. The number of piperidine rings is 1. The van der Waals surface area contributed by atoms with Crippen molar-refractivity contribution >= 4 is 16.9 Å². The van der Waals surface area contributed by atoms with E-state index in [1.54, 1.807) is 0 Å². The Morgan fingerprint density at radius 3 is 2.29 bits per heavy atom. The highest BCUT2D eigenvalue weighted by molar-refractivity contribution is 5.76. The van der Waals surface area contributed by atoms with E-state index in [0.29, 0.717) is 18.3 Å². The largest absolute Gasteiger partial charge is 0.368 e. The predicted octanol–water partition coefficient (Wildman–Crippen LogP) is 4.04. The van der Waals surface area contributed by atoms with Crippen molar-refractivity contribution < 1.29 is 10.2 Å². The summed E-state index contributed by atoms with van der Waals surface area (Å²) in [5.74, 6) is 0.261. The second-order valence-electron chi connectivity index (χ2n) is 10.7. The Labute approximate surface area is 202 Å². The van der Waals surface area contributed by atoms with Crippen LogP contribution in [0.2, 0.25) is 0 Å². The van der Waals surface area contributed by atoms with Crippen molar-refractivity contribution in [3.05, 3.63) is 34.6 Å². The smallest absolute Gasteiger partial charge is 0.294 e. The minimum atomic E-state index is -1.30. The Balaban J connectivity index is 1.34. The molecule has 2 heterocycles. The van der Waals surface area contributed by atoms with Gasteiger partial charge in [0.05, 0.1) is 11.0 Å². The molecule has 1 aromatic carbocycles. The Morgan fingerprint density at radius 2 is 1.59 bits per heavy atom. The summed E-state index contributed by atoms with van der Waals surface area (Å²) in [6, 6.07) is 8.89. The Kier molecular flexibility index (Phi) is 7.52. The average Bonchev–Trinajstić information content (AvgIpc) is 3.29. The van der Waals surface area contributed by atoms with Gasteiger partial charge in [0, 0.05) is 37.1 Å². The van der Waals surface area contributed by atoms with Gasteiger partial charge in [0.15, 0.2) is 12.1 Å². The van der Waals surface area contributed by atoms with Gasteiger partial charge in [-0.2, -0.15) is 0 Å². The van der Waals surface area contributed by atoms with Crippen LogP contribution in [-0.2, 0) is 0 Å². The van der Waals surface area contributed by atoms with Crippen LogP contribution >= 0.6 is 0 Å². The zero-order chi connectivity index (χ0) is 23.5. The molecule has 0 amide bonds. The molecule has 2 aliphatic carbocycles. The molecule has 34 heavy (non-hydrogen) atoms. The number of benzene rings is 1. The van der Waals surface area contributed by atoms with E-state index < -0.39 is 6.29 Å². The van der Waals surface area contributed by atoms with Crippen molar-refractivity contribution in [2.45, 2.75) is 101 Å². The average molecular weight is 469 g/mol. The van der Waals surface area contributed by atoms with Gasteiger partial charge < -0.3 is 25.0 Å². The van der Waals surface area contributed by atoms with Crippen molar-refractivity contribution in [2.24, 2.45) is 5.92 Å². The monoisotopic (exact) mass is 468 g/mol. The Hall–Kier alpha value is -1.96. The van der Waals surface area contributed by atoms with Gasteiger partial charge in [-0.3, -0.25) is 4.79 Å². The van der Waals surface area contributed by atoms with E-state index in [-0.39, 0.29) is 23.6 Å². The minimum Gasteiger partial charge on any atom is -0.368 e. The van der Waals surface area contributed by atoms with E-state index in [2.05, 4.69) is 10.2 Å². The maximum Gasteiger partial charge on any atom is 0.294 e. The number of hydrogen-bond donors (Lipinski definition) is 3. The molecule has 186 valence electrons. The van der Waals surface area contributed by atoms with Crippen LogP contribution in [0, 0.1) is 5.92 Å². The molecule has 0 radical (unpaired) electrons. The first-order chi connectivity index (χ1) is 16.6. The zero-order valence-corrected chi connectivity index (χ0v) is 20.2. The molecule has 3 N–H and O–H groups in total. The fraction of sp³-hybridized carbons (Fsp3) is 0.704. The van der Waals surface area contributed by atoms with Gasteiger partial charge in [0.25, 0.3) is 5.56 Å². The molecule has 2 atom stereocenters. The fourth-order valence-electron chi connectivity index (χ4n) is 6.53. The first kappa shape index (κ1) is 23.8. The van der Waals surface area contributed by atoms with Gasteiger partial charge >= 0.3 is 0 Å². The SMILES string of the molecule is O=c1c(N[C@@H]2CC[C@H](C(O)O)C2)nc2ccccc2n1C1CCN(C2CCCCCCC2)CC1. The maximum absolute atomic E-state index is 13.7. The Morgan fingerprint density at radius 1 is 0.882 bits per heavy atom.